The molecule has 1 aliphatic heterocycles. The molecule has 1 fully saturated rings. The Balaban J connectivity index is 0.000000514. The molecule has 4 N–H and O–H groups in total. The molecule has 0 bridgehead atoms. The Kier molecular flexibility index (Phi) is 7.75. The number of rotatable bonds is 4. The average Bonchev–Trinajstić information content (AvgIpc) is 3.30. The van der Waals surface area contributed by atoms with Gasteiger partial charge in [-0.2, -0.15) is 0 Å². The Hall–Kier alpha value is -2.97. The molecule has 0 aliphatic carbocycles. The number of hydrogen-bond acceptors (Lipinski definition) is 6. The number of carbonyl (C=O) groups excluding carboxylic acids is 1. The summed E-state index contributed by atoms with van der Waals surface area (Å²) >= 11 is 0. The summed E-state index contributed by atoms with van der Waals surface area (Å²) in [6.07, 6.45) is 3.31. The smallest absolute Gasteiger partial charge is 0.240 e. The molecule has 31 heavy (non-hydrogen) atoms. The number of aryl methyl sites for hydroxylation is 1. The molecule has 1 saturated heterocycles. The van der Waals surface area contributed by atoms with Crippen LogP contribution in [0.3, 0.4) is 0 Å². The van der Waals surface area contributed by atoms with Crippen molar-refractivity contribution in [3.8, 4) is 0 Å². The van der Waals surface area contributed by atoms with Gasteiger partial charge >= 0.3 is 0 Å². The lowest BCUT2D eigenvalue weighted by molar-refractivity contribution is -0.113. The Morgan fingerprint density at radius 2 is 2.03 bits per heavy atom. The predicted molar refractivity (Wildman–Crippen MR) is 123 cm³/mol. The first-order chi connectivity index (χ1) is 14.2. The van der Waals surface area contributed by atoms with E-state index in [0.717, 1.165) is 59.2 Å². The fourth-order valence-electron chi connectivity index (χ4n) is 3.51. The van der Waals surface area contributed by atoms with Crippen LogP contribution in [-0.2, 0) is 9.53 Å². The normalized spacial score (nSPS) is 16.0. The van der Waals surface area contributed by atoms with Gasteiger partial charge in [0.25, 0.3) is 0 Å². The van der Waals surface area contributed by atoms with E-state index in [4.69, 9.17) is 14.1 Å². The van der Waals surface area contributed by atoms with Crippen molar-refractivity contribution in [1.29, 1.82) is 0 Å². The van der Waals surface area contributed by atoms with Gasteiger partial charge in [-0.25, -0.2) is 9.97 Å². The first-order valence-corrected chi connectivity index (χ1v) is 10.2. The second-order valence-corrected chi connectivity index (χ2v) is 8.39. The summed E-state index contributed by atoms with van der Waals surface area (Å²) in [4.78, 5) is 21.2. The molecule has 0 saturated carbocycles. The maximum Gasteiger partial charge on any atom is 0.240 e. The molecule has 2 aromatic heterocycles. The summed E-state index contributed by atoms with van der Waals surface area (Å²) in [6, 6.07) is 8.37. The minimum absolute atomic E-state index is 0. The number of fused-ring (bicyclic) bond motifs is 3. The molecule has 1 aliphatic rings. The summed E-state index contributed by atoms with van der Waals surface area (Å²) in [6.45, 7) is 13.0. The van der Waals surface area contributed by atoms with Crippen LogP contribution in [0.1, 0.15) is 39.4 Å². The molecular formula is C23H32N4O4. The van der Waals surface area contributed by atoms with Crippen molar-refractivity contribution in [2.45, 2.75) is 52.2 Å². The Morgan fingerprint density at radius 1 is 1.35 bits per heavy atom. The van der Waals surface area contributed by atoms with Crippen LogP contribution in [0, 0.1) is 6.92 Å². The highest BCUT2D eigenvalue weighted by Gasteiger charge is 2.30. The van der Waals surface area contributed by atoms with Gasteiger partial charge in [-0.1, -0.05) is 18.7 Å². The summed E-state index contributed by atoms with van der Waals surface area (Å²) in [5.41, 5.74) is 6.95. The summed E-state index contributed by atoms with van der Waals surface area (Å²) in [7, 11) is 0. The first-order valence-electron chi connectivity index (χ1n) is 10.2. The maximum atomic E-state index is 9.47. The number of anilines is 1. The topological polar surface area (TPSA) is 126 Å². The van der Waals surface area contributed by atoms with Crippen molar-refractivity contribution in [2.75, 3.05) is 18.1 Å². The minimum atomic E-state index is -0.481. The Bertz CT molecular complexity index is 1050. The third kappa shape index (κ3) is 5.80. The van der Waals surface area contributed by atoms with Gasteiger partial charge < -0.3 is 25.3 Å². The predicted octanol–water partition coefficient (Wildman–Crippen LogP) is 3.30. The molecule has 8 heteroatoms. The Morgan fingerprint density at radius 3 is 2.68 bits per heavy atom. The molecule has 0 spiro atoms. The quantitative estimate of drug-likeness (QED) is 0.635. The molecule has 3 aromatic rings. The third-order valence-corrected chi connectivity index (χ3v) is 4.87. The second kappa shape index (κ2) is 9.89. The summed E-state index contributed by atoms with van der Waals surface area (Å²) in [5.74, 6) is 1.19. The van der Waals surface area contributed by atoms with E-state index in [-0.39, 0.29) is 11.1 Å². The van der Waals surface area contributed by atoms with Gasteiger partial charge in [0.15, 0.2) is 11.4 Å². The molecule has 1 amide bonds. The van der Waals surface area contributed by atoms with Crippen LogP contribution in [0.15, 0.2) is 41.3 Å². The van der Waals surface area contributed by atoms with E-state index in [9.17, 15) is 4.79 Å². The van der Waals surface area contributed by atoms with E-state index in [2.05, 4.69) is 49.0 Å². The van der Waals surface area contributed by atoms with Crippen LogP contribution in [0.5, 0.6) is 0 Å². The van der Waals surface area contributed by atoms with Gasteiger partial charge in [0.2, 0.25) is 5.91 Å². The lowest BCUT2D eigenvalue weighted by Gasteiger charge is -2.29. The van der Waals surface area contributed by atoms with Crippen molar-refractivity contribution in [2.24, 2.45) is 5.73 Å². The van der Waals surface area contributed by atoms with E-state index >= 15 is 0 Å². The highest BCUT2D eigenvalue weighted by molar-refractivity contribution is 6.05. The molecule has 8 nitrogen and oxygen atoms in total. The second-order valence-electron chi connectivity index (χ2n) is 8.39. The molecule has 1 atom stereocenters. The van der Waals surface area contributed by atoms with Gasteiger partial charge in [0.05, 0.1) is 18.2 Å². The SMILES string of the molecule is C=CC(N)=O.Cc1nc(N2CCC[C@H]2COC(C)(C)C)c2oc3ccccc3c2n1.O. The van der Waals surface area contributed by atoms with Crippen LogP contribution in [0.25, 0.3) is 22.1 Å². The van der Waals surface area contributed by atoms with Crippen molar-refractivity contribution in [3.05, 3.63) is 42.7 Å². The fourth-order valence-corrected chi connectivity index (χ4v) is 3.51. The zero-order valence-corrected chi connectivity index (χ0v) is 18.6. The fraction of sp³-hybridized carbons (Fsp3) is 0.435. The van der Waals surface area contributed by atoms with E-state index in [1.165, 1.54) is 0 Å². The van der Waals surface area contributed by atoms with Gasteiger partial charge in [-0.15, -0.1) is 0 Å². The number of primary amides is 1. The maximum absolute atomic E-state index is 9.47. The van der Waals surface area contributed by atoms with Gasteiger partial charge in [-0.3, -0.25) is 4.79 Å². The Labute approximate surface area is 182 Å². The van der Waals surface area contributed by atoms with Crippen LogP contribution in [-0.4, -0.2) is 46.1 Å². The monoisotopic (exact) mass is 428 g/mol. The standard InChI is InChI=1S/C20H25N3O2.C3H5NO.H2O/c1-13-21-17-15-9-5-6-10-16(15)25-18(17)19(22-13)23-11-7-8-14(23)12-24-20(2,3)4;1-2-3(4)5;/h5-6,9-10,14H,7-8,11-12H2,1-4H3;2H,1H2,(H2,4,5);1H2/t14-;;/m0../s1. The van der Waals surface area contributed by atoms with E-state index in [1.807, 2.05) is 25.1 Å². The van der Waals surface area contributed by atoms with E-state index < -0.39 is 5.91 Å². The number of para-hydroxylation sites is 1. The van der Waals surface area contributed by atoms with Crippen LogP contribution >= 0.6 is 0 Å². The number of hydrogen-bond donors (Lipinski definition) is 1. The lowest BCUT2D eigenvalue weighted by Crippen LogP contribution is -2.36. The highest BCUT2D eigenvalue weighted by Crippen LogP contribution is 2.35. The van der Waals surface area contributed by atoms with Crippen molar-refractivity contribution in [3.63, 3.8) is 0 Å². The number of ether oxygens (including phenoxy) is 1. The highest BCUT2D eigenvalue weighted by atomic mass is 16.5. The number of carbonyl (C=O) groups is 1. The van der Waals surface area contributed by atoms with Crippen molar-refractivity contribution in [1.82, 2.24) is 9.97 Å². The number of furan rings is 1. The number of benzene rings is 1. The molecule has 1 aromatic carbocycles. The summed E-state index contributed by atoms with van der Waals surface area (Å²) in [5, 5.41) is 1.05. The van der Waals surface area contributed by atoms with Crippen LogP contribution in [0.2, 0.25) is 0 Å². The van der Waals surface area contributed by atoms with Gasteiger partial charge in [0, 0.05) is 11.9 Å². The number of amides is 1. The molecule has 3 heterocycles. The van der Waals surface area contributed by atoms with Crippen LogP contribution in [0.4, 0.5) is 5.82 Å². The van der Waals surface area contributed by atoms with Gasteiger partial charge in [0.1, 0.15) is 16.9 Å². The van der Waals surface area contributed by atoms with Crippen molar-refractivity contribution >= 4 is 33.8 Å². The molecule has 0 radical (unpaired) electrons. The molecule has 0 unspecified atom stereocenters. The summed E-state index contributed by atoms with van der Waals surface area (Å²) < 4.78 is 12.2. The number of nitrogens with zero attached hydrogens (tertiary/aromatic N) is 3. The lowest BCUT2D eigenvalue weighted by atomic mass is 10.1. The third-order valence-electron chi connectivity index (χ3n) is 4.87. The van der Waals surface area contributed by atoms with E-state index in [1.54, 1.807) is 0 Å². The molecular weight excluding hydrogens is 396 g/mol. The largest absolute Gasteiger partial charge is 0.450 e. The van der Waals surface area contributed by atoms with E-state index in [0.29, 0.717) is 12.6 Å². The zero-order chi connectivity index (χ0) is 21.9. The molecule has 4 rings (SSSR count). The number of aromatic nitrogens is 2. The zero-order valence-electron chi connectivity index (χ0n) is 18.6. The average molecular weight is 429 g/mol. The first kappa shape index (κ1) is 24.3. The molecule has 168 valence electrons. The van der Waals surface area contributed by atoms with Crippen LogP contribution < -0.4 is 10.6 Å². The number of nitrogens with two attached hydrogens (primary N) is 1. The van der Waals surface area contributed by atoms with Crippen molar-refractivity contribution < 1.29 is 19.4 Å². The minimum Gasteiger partial charge on any atom is -0.450 e. The van der Waals surface area contributed by atoms with Gasteiger partial charge in [-0.05, 0) is 58.7 Å².